The fourth-order valence-corrected chi connectivity index (χ4v) is 3.44. The molecule has 0 bridgehead atoms. The molecular formula is C18H17ClN2O3S. The van der Waals surface area contributed by atoms with Crippen LogP contribution in [0.5, 0.6) is 5.75 Å². The maximum absolute atomic E-state index is 12.4. The number of carbonyl (C=O) groups is 1. The van der Waals surface area contributed by atoms with Gasteiger partial charge in [-0.1, -0.05) is 22.9 Å². The van der Waals surface area contributed by atoms with E-state index in [0.29, 0.717) is 16.5 Å². The van der Waals surface area contributed by atoms with E-state index in [-0.39, 0.29) is 10.8 Å². The van der Waals surface area contributed by atoms with Gasteiger partial charge in [-0.25, -0.2) is 0 Å². The van der Waals surface area contributed by atoms with Crippen LogP contribution in [0.3, 0.4) is 0 Å². The number of ether oxygens (including phenoxy) is 1. The van der Waals surface area contributed by atoms with Crippen LogP contribution in [-0.2, 0) is 11.8 Å². The van der Waals surface area contributed by atoms with E-state index in [9.17, 15) is 9.59 Å². The molecule has 0 radical (unpaired) electrons. The number of nitrogens with zero attached hydrogens (tertiary/aromatic N) is 1. The molecule has 0 aliphatic carbocycles. The number of aromatic nitrogens is 1. The van der Waals surface area contributed by atoms with Crippen LogP contribution in [0.4, 0.5) is 5.69 Å². The van der Waals surface area contributed by atoms with Gasteiger partial charge in [0.1, 0.15) is 5.75 Å². The van der Waals surface area contributed by atoms with Gasteiger partial charge in [0.25, 0.3) is 5.91 Å². The Hall–Kier alpha value is -2.31. The summed E-state index contributed by atoms with van der Waals surface area (Å²) in [5.41, 5.74) is 2.35. The number of fused-ring (bicyclic) bond motifs is 1. The Labute approximate surface area is 153 Å². The highest BCUT2D eigenvalue weighted by Crippen LogP contribution is 2.23. The summed E-state index contributed by atoms with van der Waals surface area (Å²) in [7, 11) is 1.73. The van der Waals surface area contributed by atoms with E-state index in [0.717, 1.165) is 27.1 Å². The highest BCUT2D eigenvalue weighted by atomic mass is 35.5. The summed E-state index contributed by atoms with van der Waals surface area (Å²) in [6.07, 6.45) is -0.675. The number of amides is 1. The Kier molecular flexibility index (Phi) is 4.83. The first-order valence-corrected chi connectivity index (χ1v) is 8.88. The molecule has 5 nitrogen and oxygen atoms in total. The molecule has 7 heteroatoms. The summed E-state index contributed by atoms with van der Waals surface area (Å²) in [5.74, 6) is 0.316. The molecule has 0 aliphatic heterocycles. The number of aryl methyl sites for hydroxylation is 2. The first-order valence-electron chi connectivity index (χ1n) is 7.68. The lowest BCUT2D eigenvalue weighted by atomic mass is 10.2. The third kappa shape index (κ3) is 3.70. The Morgan fingerprint density at radius 3 is 2.76 bits per heavy atom. The average Bonchev–Trinajstić information content (AvgIpc) is 2.85. The Morgan fingerprint density at radius 1 is 1.28 bits per heavy atom. The maximum atomic E-state index is 12.4. The van der Waals surface area contributed by atoms with E-state index in [4.69, 9.17) is 16.3 Å². The average molecular weight is 377 g/mol. The van der Waals surface area contributed by atoms with E-state index < -0.39 is 6.10 Å². The summed E-state index contributed by atoms with van der Waals surface area (Å²) < 4.78 is 8.08. The van der Waals surface area contributed by atoms with Crippen LogP contribution in [0, 0.1) is 6.92 Å². The van der Waals surface area contributed by atoms with Crippen molar-refractivity contribution in [3.63, 3.8) is 0 Å². The summed E-state index contributed by atoms with van der Waals surface area (Å²) in [6.45, 7) is 3.55. The molecule has 25 heavy (non-hydrogen) atoms. The van der Waals surface area contributed by atoms with E-state index in [1.807, 2.05) is 13.0 Å². The molecular weight excluding hydrogens is 360 g/mol. The second kappa shape index (κ2) is 6.90. The van der Waals surface area contributed by atoms with Gasteiger partial charge >= 0.3 is 4.87 Å². The van der Waals surface area contributed by atoms with Crippen LogP contribution in [0.2, 0.25) is 5.02 Å². The van der Waals surface area contributed by atoms with Crippen molar-refractivity contribution in [2.24, 2.45) is 7.05 Å². The molecule has 0 saturated heterocycles. The van der Waals surface area contributed by atoms with Crippen LogP contribution in [0.15, 0.2) is 41.2 Å². The number of thiazole rings is 1. The molecule has 1 aromatic heterocycles. The van der Waals surface area contributed by atoms with Crippen molar-refractivity contribution in [2.75, 3.05) is 5.32 Å². The second-order valence-electron chi connectivity index (χ2n) is 5.77. The van der Waals surface area contributed by atoms with Gasteiger partial charge < -0.3 is 14.6 Å². The van der Waals surface area contributed by atoms with Crippen LogP contribution in [-0.4, -0.2) is 16.6 Å². The molecule has 3 aromatic rings. The van der Waals surface area contributed by atoms with Gasteiger partial charge in [-0.15, -0.1) is 0 Å². The normalized spacial score (nSPS) is 12.2. The molecule has 0 saturated carbocycles. The number of carbonyl (C=O) groups excluding carboxylic acids is 1. The van der Waals surface area contributed by atoms with Crippen molar-refractivity contribution >= 4 is 44.7 Å². The molecule has 1 amide bonds. The number of hydrogen-bond acceptors (Lipinski definition) is 4. The minimum Gasteiger partial charge on any atom is -0.481 e. The maximum Gasteiger partial charge on any atom is 0.307 e. The summed E-state index contributed by atoms with van der Waals surface area (Å²) in [5, 5.41) is 3.47. The molecule has 1 atom stereocenters. The predicted octanol–water partition coefficient (Wildman–Crippen LogP) is 3.97. The smallest absolute Gasteiger partial charge is 0.307 e. The first kappa shape index (κ1) is 17.5. The number of nitrogens with one attached hydrogen (secondary N) is 1. The minimum atomic E-state index is -0.675. The van der Waals surface area contributed by atoms with Crippen LogP contribution in [0.1, 0.15) is 12.5 Å². The third-order valence-electron chi connectivity index (χ3n) is 3.87. The van der Waals surface area contributed by atoms with Gasteiger partial charge in [0.05, 0.1) is 10.2 Å². The van der Waals surface area contributed by atoms with Crippen molar-refractivity contribution in [3.05, 3.63) is 56.7 Å². The van der Waals surface area contributed by atoms with Gasteiger partial charge in [-0.3, -0.25) is 9.59 Å². The zero-order valence-electron chi connectivity index (χ0n) is 14.0. The second-order valence-corrected chi connectivity index (χ2v) is 7.17. The summed E-state index contributed by atoms with van der Waals surface area (Å²) in [4.78, 5) is 24.0. The molecule has 0 aliphatic rings. The monoisotopic (exact) mass is 376 g/mol. The lowest BCUT2D eigenvalue weighted by Gasteiger charge is -2.15. The van der Waals surface area contributed by atoms with Crippen LogP contribution >= 0.6 is 22.9 Å². The van der Waals surface area contributed by atoms with E-state index in [2.05, 4.69) is 5.32 Å². The first-order chi connectivity index (χ1) is 11.8. The van der Waals surface area contributed by atoms with Crippen molar-refractivity contribution in [3.8, 4) is 5.75 Å². The molecule has 2 aromatic carbocycles. The summed E-state index contributed by atoms with van der Waals surface area (Å²) >= 11 is 7.14. The van der Waals surface area contributed by atoms with E-state index >= 15 is 0 Å². The van der Waals surface area contributed by atoms with Gasteiger partial charge in [-0.05, 0) is 55.8 Å². The van der Waals surface area contributed by atoms with Gasteiger partial charge in [0.2, 0.25) is 0 Å². The molecule has 3 rings (SSSR count). The van der Waals surface area contributed by atoms with E-state index in [1.54, 1.807) is 48.9 Å². The molecule has 0 spiro atoms. The predicted molar refractivity (Wildman–Crippen MR) is 102 cm³/mol. The lowest BCUT2D eigenvalue weighted by Crippen LogP contribution is -2.30. The Balaban J connectivity index is 1.72. The fourth-order valence-electron chi connectivity index (χ4n) is 2.40. The number of benzene rings is 2. The van der Waals surface area contributed by atoms with Crippen LogP contribution in [0.25, 0.3) is 10.2 Å². The number of halogens is 1. The largest absolute Gasteiger partial charge is 0.481 e. The van der Waals surface area contributed by atoms with Crippen molar-refractivity contribution in [2.45, 2.75) is 20.0 Å². The summed E-state index contributed by atoms with van der Waals surface area (Å²) in [6, 6.07) is 10.6. The Morgan fingerprint density at radius 2 is 2.04 bits per heavy atom. The topological polar surface area (TPSA) is 60.3 Å². The van der Waals surface area contributed by atoms with Crippen LogP contribution < -0.4 is 14.9 Å². The van der Waals surface area contributed by atoms with Crippen molar-refractivity contribution in [1.29, 1.82) is 0 Å². The highest BCUT2D eigenvalue weighted by molar-refractivity contribution is 7.16. The van der Waals surface area contributed by atoms with Gasteiger partial charge in [0.15, 0.2) is 6.10 Å². The van der Waals surface area contributed by atoms with Gasteiger partial charge in [0, 0.05) is 17.8 Å². The quantitative estimate of drug-likeness (QED) is 0.749. The number of anilines is 1. The SMILES string of the molecule is Cc1cc(O[C@@H](C)C(=O)Nc2ccc3c(c2)sc(=O)n3C)ccc1Cl. The van der Waals surface area contributed by atoms with Gasteiger partial charge in [-0.2, -0.15) is 0 Å². The molecule has 1 heterocycles. The third-order valence-corrected chi connectivity index (χ3v) is 5.29. The highest BCUT2D eigenvalue weighted by Gasteiger charge is 2.16. The molecule has 1 N–H and O–H groups in total. The number of rotatable bonds is 4. The lowest BCUT2D eigenvalue weighted by molar-refractivity contribution is -0.122. The van der Waals surface area contributed by atoms with Crippen molar-refractivity contribution < 1.29 is 9.53 Å². The van der Waals surface area contributed by atoms with E-state index in [1.165, 1.54) is 0 Å². The molecule has 0 fully saturated rings. The van der Waals surface area contributed by atoms with Crippen molar-refractivity contribution in [1.82, 2.24) is 4.57 Å². The standard InChI is InChI=1S/C18H17ClN2O3S/c1-10-8-13(5-6-14(10)19)24-11(2)17(22)20-12-4-7-15-16(9-12)25-18(23)21(15)3/h4-9,11H,1-3H3,(H,20,22)/t11-/m0/s1. The number of hydrogen-bond donors (Lipinski definition) is 1. The fraction of sp³-hybridized carbons (Fsp3) is 0.222. The molecule has 130 valence electrons. The zero-order chi connectivity index (χ0) is 18.1. The molecule has 0 unspecified atom stereocenters. The zero-order valence-corrected chi connectivity index (χ0v) is 15.6. The minimum absolute atomic E-state index is 0.0340. The Bertz CT molecular complexity index is 1010.